The number of carbonyl (C=O) groups is 1. The summed E-state index contributed by atoms with van der Waals surface area (Å²) in [5.74, 6) is -0.892. The fourth-order valence-corrected chi connectivity index (χ4v) is 0.614. The average molecular weight is 146 g/mol. The summed E-state index contributed by atoms with van der Waals surface area (Å²) in [5.41, 5.74) is 0. The van der Waals surface area contributed by atoms with Crippen LogP contribution in [0.5, 0.6) is 0 Å². The second-order valence-electron chi connectivity index (χ2n) is 2.15. The Labute approximate surface area is 61.0 Å². The summed E-state index contributed by atoms with van der Waals surface area (Å²) in [7, 11) is 0. The van der Waals surface area contributed by atoms with Crippen molar-refractivity contribution in [2.24, 2.45) is 0 Å². The molecule has 0 bridgehead atoms. The highest BCUT2D eigenvalue weighted by Gasteiger charge is 1.94. The van der Waals surface area contributed by atoms with Crippen LogP contribution in [0.2, 0.25) is 0 Å². The molecule has 3 heteroatoms. The number of hydrogen-bond acceptors (Lipinski definition) is 2. The molecule has 0 radical (unpaired) electrons. The summed E-state index contributed by atoms with van der Waals surface area (Å²) < 4.78 is 4.80. The number of aliphatic carboxylic acids is 1. The molecule has 0 atom stereocenters. The molecular formula is C7H14O3. The van der Waals surface area contributed by atoms with Gasteiger partial charge in [0.2, 0.25) is 0 Å². The molecule has 0 unspecified atom stereocenters. The molecule has 0 aromatic heterocycles. The van der Waals surface area contributed by atoms with E-state index in [1.165, 1.54) is 0 Å². The van der Waals surface area contributed by atoms with Gasteiger partial charge in [0.15, 0.2) is 0 Å². The highest BCUT2D eigenvalue weighted by atomic mass is 16.5. The fourth-order valence-electron chi connectivity index (χ4n) is 0.614. The Hall–Kier alpha value is -0.570. The first kappa shape index (κ1) is 9.43. The maximum absolute atomic E-state index is 9.91. The lowest BCUT2D eigenvalue weighted by Gasteiger charge is -1.98. The summed E-state index contributed by atoms with van der Waals surface area (Å²) in [6, 6.07) is 0. The number of hydrogen-bond donors (Lipinski definition) is 1. The highest BCUT2D eigenvalue weighted by molar-refractivity contribution is 5.67. The maximum Gasteiger partial charge on any atom is 0.329 e. The van der Waals surface area contributed by atoms with Crippen LogP contribution in [0.4, 0.5) is 0 Å². The molecule has 0 aliphatic rings. The minimum atomic E-state index is -0.892. The zero-order valence-corrected chi connectivity index (χ0v) is 6.30. The van der Waals surface area contributed by atoms with E-state index in [1.807, 2.05) is 0 Å². The fraction of sp³-hybridized carbons (Fsp3) is 0.857. The van der Waals surface area contributed by atoms with Crippen molar-refractivity contribution in [1.29, 1.82) is 0 Å². The molecule has 0 rings (SSSR count). The average Bonchev–Trinajstić information content (AvgIpc) is 1.87. The Kier molecular flexibility index (Phi) is 6.18. The van der Waals surface area contributed by atoms with Gasteiger partial charge < -0.3 is 9.84 Å². The Balaban J connectivity index is 2.84. The third-order valence-electron chi connectivity index (χ3n) is 1.12. The van der Waals surface area contributed by atoms with E-state index >= 15 is 0 Å². The van der Waals surface area contributed by atoms with Crippen LogP contribution in [0.3, 0.4) is 0 Å². The Morgan fingerprint density at radius 1 is 1.50 bits per heavy atom. The van der Waals surface area contributed by atoms with Crippen molar-refractivity contribution >= 4 is 5.97 Å². The largest absolute Gasteiger partial charge is 0.480 e. The lowest BCUT2D eigenvalue weighted by molar-refractivity contribution is -0.142. The molecule has 0 spiro atoms. The second-order valence-corrected chi connectivity index (χ2v) is 2.15. The van der Waals surface area contributed by atoms with E-state index < -0.39 is 5.97 Å². The number of carboxylic acids is 1. The van der Waals surface area contributed by atoms with Gasteiger partial charge in [-0.3, -0.25) is 0 Å². The second kappa shape index (κ2) is 6.55. The van der Waals surface area contributed by atoms with Crippen LogP contribution in [0.25, 0.3) is 0 Å². The Morgan fingerprint density at radius 2 is 2.20 bits per heavy atom. The zero-order chi connectivity index (χ0) is 7.82. The number of ether oxygens (including phenoxy) is 1. The van der Waals surface area contributed by atoms with Crippen LogP contribution >= 0.6 is 0 Å². The molecule has 60 valence electrons. The standard InChI is InChI=1S/C7H14O3/c1-2-3-4-5-10-6-7(8)9/h2-6H2,1H3,(H,8,9). The molecule has 10 heavy (non-hydrogen) atoms. The maximum atomic E-state index is 9.91. The van der Waals surface area contributed by atoms with E-state index in [1.54, 1.807) is 0 Å². The molecule has 0 aromatic carbocycles. The number of rotatable bonds is 6. The van der Waals surface area contributed by atoms with E-state index in [9.17, 15) is 4.79 Å². The van der Waals surface area contributed by atoms with Crippen molar-refractivity contribution < 1.29 is 14.6 Å². The van der Waals surface area contributed by atoms with Crippen LogP contribution in [0, 0.1) is 0 Å². The first-order valence-electron chi connectivity index (χ1n) is 3.57. The first-order chi connectivity index (χ1) is 4.77. The van der Waals surface area contributed by atoms with Gasteiger partial charge in [0.25, 0.3) is 0 Å². The molecule has 0 aliphatic carbocycles. The molecule has 0 aromatic rings. The summed E-state index contributed by atoms with van der Waals surface area (Å²) in [4.78, 5) is 9.91. The van der Waals surface area contributed by atoms with Crippen molar-refractivity contribution in [2.75, 3.05) is 13.2 Å². The van der Waals surface area contributed by atoms with E-state index in [2.05, 4.69) is 6.92 Å². The highest BCUT2D eigenvalue weighted by Crippen LogP contribution is 1.93. The summed E-state index contributed by atoms with van der Waals surface area (Å²) in [6.07, 6.45) is 3.21. The van der Waals surface area contributed by atoms with E-state index in [0.717, 1.165) is 19.3 Å². The van der Waals surface area contributed by atoms with Gasteiger partial charge in [0.1, 0.15) is 6.61 Å². The van der Waals surface area contributed by atoms with Gasteiger partial charge in [-0.2, -0.15) is 0 Å². The van der Waals surface area contributed by atoms with Crippen LogP contribution in [0.15, 0.2) is 0 Å². The van der Waals surface area contributed by atoms with Crippen molar-refractivity contribution in [3.05, 3.63) is 0 Å². The lowest BCUT2D eigenvalue weighted by Crippen LogP contribution is -2.07. The van der Waals surface area contributed by atoms with Crippen molar-refractivity contribution in [2.45, 2.75) is 26.2 Å². The summed E-state index contributed by atoms with van der Waals surface area (Å²) in [6.45, 7) is 2.50. The predicted octanol–water partition coefficient (Wildman–Crippen LogP) is 1.28. The van der Waals surface area contributed by atoms with Crippen LogP contribution in [0.1, 0.15) is 26.2 Å². The molecule has 0 saturated carbocycles. The number of unbranched alkanes of at least 4 members (excludes halogenated alkanes) is 2. The van der Waals surface area contributed by atoms with E-state index in [-0.39, 0.29) is 6.61 Å². The topological polar surface area (TPSA) is 46.5 Å². The third kappa shape index (κ3) is 7.43. The summed E-state index contributed by atoms with van der Waals surface area (Å²) >= 11 is 0. The molecule has 0 heterocycles. The molecule has 1 N–H and O–H groups in total. The molecule has 0 fully saturated rings. The molecule has 0 aliphatic heterocycles. The van der Waals surface area contributed by atoms with Gasteiger partial charge in [-0.25, -0.2) is 4.79 Å². The van der Waals surface area contributed by atoms with Crippen molar-refractivity contribution in [3.63, 3.8) is 0 Å². The smallest absolute Gasteiger partial charge is 0.329 e. The molecule has 0 saturated heterocycles. The first-order valence-corrected chi connectivity index (χ1v) is 3.57. The van der Waals surface area contributed by atoms with Gasteiger partial charge in [0, 0.05) is 6.61 Å². The van der Waals surface area contributed by atoms with Gasteiger partial charge in [-0.05, 0) is 6.42 Å². The van der Waals surface area contributed by atoms with Gasteiger partial charge in [0.05, 0.1) is 0 Å². The van der Waals surface area contributed by atoms with Crippen molar-refractivity contribution in [3.8, 4) is 0 Å². The molecule has 3 nitrogen and oxygen atoms in total. The summed E-state index contributed by atoms with van der Waals surface area (Å²) in [5, 5.41) is 8.15. The molecular weight excluding hydrogens is 132 g/mol. The third-order valence-corrected chi connectivity index (χ3v) is 1.12. The SMILES string of the molecule is CCCCCOCC(=O)O. The Morgan fingerprint density at radius 3 is 2.70 bits per heavy atom. The zero-order valence-electron chi connectivity index (χ0n) is 6.30. The minimum absolute atomic E-state index is 0.163. The van der Waals surface area contributed by atoms with E-state index in [0.29, 0.717) is 6.61 Å². The quantitative estimate of drug-likeness (QED) is 0.574. The number of carboxylic acid groups (broad SMARTS) is 1. The van der Waals surface area contributed by atoms with Gasteiger partial charge in [-0.15, -0.1) is 0 Å². The molecule has 0 amide bonds. The minimum Gasteiger partial charge on any atom is -0.480 e. The Bertz CT molecular complexity index is 90.9. The lowest BCUT2D eigenvalue weighted by atomic mass is 10.3. The van der Waals surface area contributed by atoms with E-state index in [4.69, 9.17) is 9.84 Å². The monoisotopic (exact) mass is 146 g/mol. The normalized spacial score (nSPS) is 9.70. The van der Waals surface area contributed by atoms with Gasteiger partial charge >= 0.3 is 5.97 Å². The van der Waals surface area contributed by atoms with Gasteiger partial charge in [-0.1, -0.05) is 19.8 Å². The van der Waals surface area contributed by atoms with Crippen LogP contribution in [-0.4, -0.2) is 24.3 Å². The predicted molar refractivity (Wildman–Crippen MR) is 38.0 cm³/mol. The van der Waals surface area contributed by atoms with Crippen LogP contribution < -0.4 is 0 Å². The van der Waals surface area contributed by atoms with Crippen molar-refractivity contribution in [1.82, 2.24) is 0 Å². The van der Waals surface area contributed by atoms with Crippen LogP contribution in [-0.2, 0) is 9.53 Å².